The zero-order valence-corrected chi connectivity index (χ0v) is 23.6. The predicted octanol–water partition coefficient (Wildman–Crippen LogP) is 5.11. The molecule has 3 N–H and O–H groups in total. The van der Waals surface area contributed by atoms with Crippen molar-refractivity contribution in [2.45, 2.75) is 81.3 Å². The van der Waals surface area contributed by atoms with Crippen LogP contribution in [-0.2, 0) is 19.7 Å². The molecule has 2 spiro atoms. The number of rotatable bonds is 3. The van der Waals surface area contributed by atoms with Crippen LogP contribution in [0.25, 0.3) is 0 Å². The Morgan fingerprint density at radius 1 is 1.15 bits per heavy atom. The van der Waals surface area contributed by atoms with Gasteiger partial charge < -0.3 is 15.4 Å². The summed E-state index contributed by atoms with van der Waals surface area (Å²) in [6.07, 6.45) is 4.57. The number of hydrogen-bond donors (Lipinski definition) is 3. The van der Waals surface area contributed by atoms with Crippen LogP contribution in [0.15, 0.2) is 30.3 Å². The standard InChI is InChI=1S/C29H33Cl2FN4O3/c1-27(2)10-12-28(13-11-27)29(18-8-9-20(31)34-24(18)35-26(29)38)21(17-6-3-7-19(30)22(17)32)23(36-28)25(37)33-16-5-4-14-39-15-16/h3,6-9,16,21,23,36H,4-5,10-15H2,1-2H3,(H,33,37)(H,34,35,38)/t16-,21+,23-,29-/m1/s1. The first-order valence-corrected chi connectivity index (χ1v) is 14.4. The SMILES string of the molecule is CC1(C)CCC2(CC1)N[C@@H](C(=O)N[C@@H]1CCCOC1)[C@H](c1cccc(Cl)c1F)[C@]21C(=O)Nc2nc(Cl)ccc21. The summed E-state index contributed by atoms with van der Waals surface area (Å²) in [5.41, 5.74) is -1.20. The third kappa shape index (κ3) is 4.17. The maximum atomic E-state index is 16.0. The zero-order chi connectivity index (χ0) is 27.6. The van der Waals surface area contributed by atoms with Gasteiger partial charge >= 0.3 is 0 Å². The van der Waals surface area contributed by atoms with Gasteiger partial charge in [0.25, 0.3) is 0 Å². The molecule has 10 heteroatoms. The second-order valence-electron chi connectivity index (χ2n) is 12.2. The van der Waals surface area contributed by atoms with Crippen LogP contribution >= 0.6 is 23.2 Å². The van der Waals surface area contributed by atoms with Crippen LogP contribution in [0.5, 0.6) is 0 Å². The molecule has 2 saturated heterocycles. The number of aromatic nitrogens is 1. The average molecular weight is 576 g/mol. The lowest BCUT2D eigenvalue weighted by Crippen LogP contribution is -2.61. The van der Waals surface area contributed by atoms with E-state index in [0.717, 1.165) is 25.7 Å². The molecular weight excluding hydrogens is 542 g/mol. The van der Waals surface area contributed by atoms with Crippen molar-refractivity contribution in [1.29, 1.82) is 0 Å². The van der Waals surface area contributed by atoms with Gasteiger partial charge in [0, 0.05) is 23.6 Å². The van der Waals surface area contributed by atoms with Crippen LogP contribution in [0.2, 0.25) is 10.2 Å². The summed E-state index contributed by atoms with van der Waals surface area (Å²) in [6, 6.07) is 7.19. The van der Waals surface area contributed by atoms with E-state index in [1.54, 1.807) is 24.3 Å². The summed E-state index contributed by atoms with van der Waals surface area (Å²) in [5, 5.41) is 9.95. The van der Waals surface area contributed by atoms with Gasteiger partial charge in [0.2, 0.25) is 11.8 Å². The van der Waals surface area contributed by atoms with Crippen molar-refractivity contribution in [2.24, 2.45) is 5.41 Å². The molecule has 1 aliphatic carbocycles. The Morgan fingerprint density at radius 2 is 1.92 bits per heavy atom. The molecule has 3 aliphatic heterocycles. The second-order valence-corrected chi connectivity index (χ2v) is 13.0. The lowest BCUT2D eigenvalue weighted by atomic mass is 9.53. The van der Waals surface area contributed by atoms with E-state index in [2.05, 4.69) is 34.8 Å². The maximum Gasteiger partial charge on any atom is 0.238 e. The third-order valence-electron chi connectivity index (χ3n) is 9.43. The Labute approximate surface area is 237 Å². The summed E-state index contributed by atoms with van der Waals surface area (Å²) in [5.74, 6) is -1.74. The molecule has 7 nitrogen and oxygen atoms in total. The molecule has 2 amide bonds. The Balaban J connectivity index is 1.56. The molecule has 2 aromatic rings. The van der Waals surface area contributed by atoms with Gasteiger partial charge in [0.15, 0.2) is 0 Å². The van der Waals surface area contributed by atoms with Crippen LogP contribution in [0.1, 0.15) is 69.4 Å². The van der Waals surface area contributed by atoms with E-state index < -0.39 is 28.7 Å². The van der Waals surface area contributed by atoms with Crippen molar-refractivity contribution < 1.29 is 18.7 Å². The van der Waals surface area contributed by atoms with Crippen LogP contribution in [0.4, 0.5) is 10.2 Å². The first-order valence-electron chi connectivity index (χ1n) is 13.7. The van der Waals surface area contributed by atoms with Crippen LogP contribution in [0, 0.1) is 11.2 Å². The van der Waals surface area contributed by atoms with Crippen molar-refractivity contribution in [2.75, 3.05) is 18.5 Å². The Kier molecular flexibility index (Phi) is 6.69. The highest BCUT2D eigenvalue weighted by atomic mass is 35.5. The van der Waals surface area contributed by atoms with Crippen LogP contribution < -0.4 is 16.0 Å². The molecule has 4 heterocycles. The van der Waals surface area contributed by atoms with Gasteiger partial charge in [0.1, 0.15) is 22.2 Å². The van der Waals surface area contributed by atoms with E-state index in [-0.39, 0.29) is 39.0 Å². The fourth-order valence-corrected chi connectivity index (χ4v) is 7.76. The second kappa shape index (κ2) is 9.68. The number of hydrogen-bond acceptors (Lipinski definition) is 5. The molecule has 4 aliphatic rings. The van der Waals surface area contributed by atoms with Gasteiger partial charge in [0.05, 0.1) is 23.7 Å². The van der Waals surface area contributed by atoms with Gasteiger partial charge in [-0.05, 0) is 61.6 Å². The molecule has 39 heavy (non-hydrogen) atoms. The number of amides is 2. The number of carbonyl (C=O) groups is 2. The van der Waals surface area contributed by atoms with E-state index in [1.807, 2.05) is 0 Å². The van der Waals surface area contributed by atoms with Crippen LogP contribution in [0.3, 0.4) is 0 Å². The van der Waals surface area contributed by atoms with Crippen LogP contribution in [-0.4, -0.2) is 47.6 Å². The summed E-state index contributed by atoms with van der Waals surface area (Å²) in [6.45, 7) is 5.52. The molecule has 3 fully saturated rings. The first kappa shape index (κ1) is 26.9. The maximum absolute atomic E-state index is 16.0. The van der Waals surface area contributed by atoms with Gasteiger partial charge in [-0.1, -0.05) is 55.2 Å². The van der Waals surface area contributed by atoms with Gasteiger partial charge in [-0.3, -0.25) is 14.9 Å². The monoisotopic (exact) mass is 574 g/mol. The van der Waals surface area contributed by atoms with Gasteiger partial charge in [-0.15, -0.1) is 0 Å². The third-order valence-corrected chi connectivity index (χ3v) is 9.93. The van der Waals surface area contributed by atoms with Crippen molar-refractivity contribution in [1.82, 2.24) is 15.6 Å². The Hall–Kier alpha value is -2.26. The van der Waals surface area contributed by atoms with E-state index in [0.29, 0.717) is 37.4 Å². The van der Waals surface area contributed by atoms with E-state index in [1.165, 1.54) is 6.07 Å². The molecule has 0 unspecified atom stereocenters. The molecule has 0 bridgehead atoms. The lowest BCUT2D eigenvalue weighted by molar-refractivity contribution is -0.125. The first-order chi connectivity index (χ1) is 18.6. The molecule has 4 atom stereocenters. The number of nitrogens with one attached hydrogen (secondary N) is 3. The number of carbonyl (C=O) groups excluding carboxylic acids is 2. The molecule has 1 aromatic heterocycles. The fraction of sp³-hybridized carbons (Fsp3) is 0.552. The number of anilines is 1. The van der Waals surface area contributed by atoms with E-state index in [9.17, 15) is 9.59 Å². The highest BCUT2D eigenvalue weighted by Crippen LogP contribution is 2.63. The predicted molar refractivity (Wildman–Crippen MR) is 148 cm³/mol. The highest BCUT2D eigenvalue weighted by molar-refractivity contribution is 6.31. The zero-order valence-electron chi connectivity index (χ0n) is 22.1. The summed E-state index contributed by atoms with van der Waals surface area (Å²) >= 11 is 12.5. The van der Waals surface area contributed by atoms with Crippen molar-refractivity contribution >= 4 is 40.8 Å². The minimum Gasteiger partial charge on any atom is -0.379 e. The number of benzene rings is 1. The fourth-order valence-electron chi connectivity index (χ4n) is 7.43. The Bertz CT molecular complexity index is 1320. The number of fused-ring (bicyclic) bond motifs is 3. The molecular formula is C29H33Cl2FN4O3. The van der Waals surface area contributed by atoms with Crippen molar-refractivity contribution in [3.05, 3.63) is 57.5 Å². The summed E-state index contributed by atoms with van der Waals surface area (Å²) in [7, 11) is 0. The quantitative estimate of drug-likeness (QED) is 0.443. The summed E-state index contributed by atoms with van der Waals surface area (Å²) < 4.78 is 21.5. The summed E-state index contributed by atoms with van der Waals surface area (Å²) in [4.78, 5) is 32.9. The molecule has 1 aromatic carbocycles. The number of nitrogens with zero attached hydrogens (tertiary/aromatic N) is 1. The lowest BCUT2D eigenvalue weighted by Gasteiger charge is -2.50. The molecule has 1 saturated carbocycles. The Morgan fingerprint density at radius 3 is 2.64 bits per heavy atom. The number of ether oxygens (including phenoxy) is 1. The topological polar surface area (TPSA) is 92.4 Å². The molecule has 0 radical (unpaired) electrons. The normalized spacial score (nSPS) is 30.8. The van der Waals surface area contributed by atoms with Crippen molar-refractivity contribution in [3.63, 3.8) is 0 Å². The average Bonchev–Trinajstić information content (AvgIpc) is 3.36. The number of pyridine rings is 1. The molecule has 208 valence electrons. The van der Waals surface area contributed by atoms with Gasteiger partial charge in [-0.2, -0.15) is 0 Å². The highest BCUT2D eigenvalue weighted by Gasteiger charge is 2.73. The smallest absolute Gasteiger partial charge is 0.238 e. The van der Waals surface area contributed by atoms with E-state index >= 15 is 4.39 Å². The number of halogens is 3. The van der Waals surface area contributed by atoms with Gasteiger partial charge in [-0.25, -0.2) is 9.37 Å². The minimum absolute atomic E-state index is 0.0546. The van der Waals surface area contributed by atoms with E-state index in [4.69, 9.17) is 27.9 Å². The minimum atomic E-state index is -1.31. The molecule has 6 rings (SSSR count). The largest absolute Gasteiger partial charge is 0.379 e. The van der Waals surface area contributed by atoms with Crippen molar-refractivity contribution in [3.8, 4) is 0 Å².